The first kappa shape index (κ1) is 13.4. The monoisotopic (exact) mass is 286 g/mol. The fraction of sp³-hybridized carbons (Fsp3) is 0.600. The normalized spacial score (nSPS) is 12.8. The second-order valence-electron chi connectivity index (χ2n) is 3.56. The second kappa shape index (κ2) is 6.24. The highest BCUT2D eigenvalue weighted by atomic mass is 32.2. The minimum Gasteiger partial charge on any atom is -0.415 e. The van der Waals surface area contributed by atoms with Crippen molar-refractivity contribution in [2.24, 2.45) is 0 Å². The van der Waals surface area contributed by atoms with Crippen LogP contribution in [0.3, 0.4) is 0 Å². The molecule has 0 aliphatic rings. The smallest absolute Gasteiger partial charge is 0.277 e. The van der Waals surface area contributed by atoms with Crippen LogP contribution in [-0.4, -0.2) is 26.6 Å². The summed E-state index contributed by atoms with van der Waals surface area (Å²) in [6, 6.07) is 0. The summed E-state index contributed by atoms with van der Waals surface area (Å²) in [7, 11) is 0. The Balaban J connectivity index is 1.99. The van der Waals surface area contributed by atoms with Crippen LogP contribution >= 0.6 is 23.5 Å². The molecule has 0 bridgehead atoms. The van der Waals surface area contributed by atoms with E-state index in [1.165, 1.54) is 11.8 Å². The maximum Gasteiger partial charge on any atom is 0.277 e. The molecule has 1 atom stereocenters. The van der Waals surface area contributed by atoms with Gasteiger partial charge in [-0.05, 0) is 13.2 Å². The molecule has 98 valence electrons. The Morgan fingerprint density at radius 3 is 2.83 bits per heavy atom. The zero-order chi connectivity index (χ0) is 13.0. The number of rotatable bonds is 6. The number of thioether (sulfide) groups is 2. The molecule has 6 nitrogen and oxygen atoms in total. The van der Waals surface area contributed by atoms with Gasteiger partial charge in [-0.15, -0.1) is 10.2 Å². The zero-order valence-corrected chi connectivity index (χ0v) is 12.0. The van der Waals surface area contributed by atoms with Crippen molar-refractivity contribution in [3.8, 4) is 0 Å². The summed E-state index contributed by atoms with van der Waals surface area (Å²) < 4.78 is 10.6. The number of aryl methyl sites for hydroxylation is 1. The van der Waals surface area contributed by atoms with E-state index < -0.39 is 0 Å². The van der Waals surface area contributed by atoms with Crippen LogP contribution in [0, 0.1) is 0 Å². The quantitative estimate of drug-likeness (QED) is 0.750. The maximum atomic E-state index is 5.48. The van der Waals surface area contributed by atoms with E-state index in [4.69, 9.17) is 8.94 Å². The van der Waals surface area contributed by atoms with Crippen LogP contribution in [0.25, 0.3) is 0 Å². The Hall–Kier alpha value is -1.02. The maximum absolute atomic E-state index is 5.48. The molecule has 0 saturated heterocycles. The molecular formula is C10H14N4O2S2. The van der Waals surface area contributed by atoms with Gasteiger partial charge in [-0.3, -0.25) is 0 Å². The standard InChI is InChI=1S/C10H14N4O2S2/c1-4-7-11-9(16-14-7)6(2)18-10-13-12-8(15-10)5-17-3/h6H,4-5H2,1-3H3. The second-order valence-corrected chi connectivity index (χ2v) is 5.72. The topological polar surface area (TPSA) is 77.8 Å². The average molecular weight is 286 g/mol. The molecule has 0 radical (unpaired) electrons. The third kappa shape index (κ3) is 3.26. The number of nitrogens with zero attached hydrogens (tertiary/aromatic N) is 4. The van der Waals surface area contributed by atoms with E-state index in [9.17, 15) is 0 Å². The van der Waals surface area contributed by atoms with Crippen molar-refractivity contribution in [1.29, 1.82) is 0 Å². The van der Waals surface area contributed by atoms with Gasteiger partial charge in [0.05, 0.1) is 11.0 Å². The molecule has 0 aromatic carbocycles. The fourth-order valence-corrected chi connectivity index (χ4v) is 2.34. The lowest BCUT2D eigenvalue weighted by molar-refractivity contribution is 0.373. The van der Waals surface area contributed by atoms with Gasteiger partial charge in [0, 0.05) is 6.42 Å². The fourth-order valence-electron chi connectivity index (χ4n) is 1.25. The Bertz CT molecular complexity index is 500. The van der Waals surface area contributed by atoms with Gasteiger partial charge in [-0.1, -0.05) is 23.8 Å². The van der Waals surface area contributed by atoms with Crippen LogP contribution in [0.1, 0.15) is 36.7 Å². The van der Waals surface area contributed by atoms with Gasteiger partial charge in [-0.25, -0.2) is 0 Å². The number of aromatic nitrogens is 4. The first-order chi connectivity index (χ1) is 8.72. The van der Waals surface area contributed by atoms with E-state index in [1.54, 1.807) is 11.8 Å². The third-order valence-electron chi connectivity index (χ3n) is 2.14. The SMILES string of the molecule is CCc1noc(C(C)Sc2nnc(CSC)o2)n1. The van der Waals surface area contributed by atoms with Crippen molar-refractivity contribution < 1.29 is 8.94 Å². The third-order valence-corrected chi connectivity index (χ3v) is 3.60. The molecule has 8 heteroatoms. The van der Waals surface area contributed by atoms with Gasteiger partial charge in [0.25, 0.3) is 5.22 Å². The van der Waals surface area contributed by atoms with Gasteiger partial charge in [0.2, 0.25) is 11.8 Å². The van der Waals surface area contributed by atoms with Crippen molar-refractivity contribution in [1.82, 2.24) is 20.3 Å². The van der Waals surface area contributed by atoms with E-state index in [1.807, 2.05) is 20.1 Å². The molecule has 0 spiro atoms. The van der Waals surface area contributed by atoms with E-state index in [-0.39, 0.29) is 5.25 Å². The van der Waals surface area contributed by atoms with Gasteiger partial charge < -0.3 is 8.94 Å². The van der Waals surface area contributed by atoms with Crippen molar-refractivity contribution in [2.45, 2.75) is 36.5 Å². The zero-order valence-electron chi connectivity index (χ0n) is 10.4. The van der Waals surface area contributed by atoms with E-state index in [0.717, 1.165) is 12.2 Å². The Labute approximate surface area is 113 Å². The van der Waals surface area contributed by atoms with E-state index in [2.05, 4.69) is 20.3 Å². The van der Waals surface area contributed by atoms with Crippen molar-refractivity contribution in [3.05, 3.63) is 17.6 Å². The number of hydrogen-bond donors (Lipinski definition) is 0. The van der Waals surface area contributed by atoms with Crippen LogP contribution < -0.4 is 0 Å². The minimum absolute atomic E-state index is 0.000351. The molecule has 18 heavy (non-hydrogen) atoms. The largest absolute Gasteiger partial charge is 0.415 e. The molecule has 1 unspecified atom stereocenters. The highest BCUT2D eigenvalue weighted by molar-refractivity contribution is 7.99. The van der Waals surface area contributed by atoms with Crippen LogP contribution in [0.2, 0.25) is 0 Å². The predicted octanol–water partition coefficient (Wildman–Crippen LogP) is 2.73. The summed E-state index contributed by atoms with van der Waals surface area (Å²) >= 11 is 3.06. The summed E-state index contributed by atoms with van der Waals surface area (Å²) in [4.78, 5) is 4.28. The molecule has 0 aliphatic heterocycles. The van der Waals surface area contributed by atoms with Gasteiger partial charge in [-0.2, -0.15) is 16.7 Å². The van der Waals surface area contributed by atoms with Crippen LogP contribution in [0.5, 0.6) is 0 Å². The first-order valence-corrected chi connectivity index (χ1v) is 7.80. The highest BCUT2D eigenvalue weighted by Crippen LogP contribution is 2.33. The van der Waals surface area contributed by atoms with Crippen molar-refractivity contribution in [3.63, 3.8) is 0 Å². The lowest BCUT2D eigenvalue weighted by Gasteiger charge is -2.00. The molecule has 0 N–H and O–H groups in total. The Kier molecular flexibility index (Phi) is 4.65. The lowest BCUT2D eigenvalue weighted by atomic mass is 10.4. The molecule has 0 saturated carbocycles. The van der Waals surface area contributed by atoms with Gasteiger partial charge in [0.1, 0.15) is 0 Å². The van der Waals surface area contributed by atoms with Crippen molar-refractivity contribution in [2.75, 3.05) is 6.26 Å². The summed E-state index contributed by atoms with van der Waals surface area (Å²) in [5.41, 5.74) is 0. The Morgan fingerprint density at radius 2 is 2.17 bits per heavy atom. The minimum atomic E-state index is 0.000351. The van der Waals surface area contributed by atoms with Gasteiger partial charge in [0.15, 0.2) is 5.82 Å². The van der Waals surface area contributed by atoms with Crippen LogP contribution in [-0.2, 0) is 12.2 Å². The molecule has 0 aliphatic carbocycles. The summed E-state index contributed by atoms with van der Waals surface area (Å²) in [6.07, 6.45) is 2.75. The number of hydrogen-bond acceptors (Lipinski definition) is 8. The summed E-state index contributed by atoms with van der Waals surface area (Å²) in [6.45, 7) is 3.95. The first-order valence-electron chi connectivity index (χ1n) is 5.53. The predicted molar refractivity (Wildman–Crippen MR) is 69.5 cm³/mol. The molecule has 0 amide bonds. The summed E-state index contributed by atoms with van der Waals surface area (Å²) in [5, 5.41) is 12.3. The van der Waals surface area contributed by atoms with Crippen molar-refractivity contribution >= 4 is 23.5 Å². The molecule has 2 aromatic heterocycles. The van der Waals surface area contributed by atoms with Crippen LogP contribution in [0.4, 0.5) is 0 Å². The molecule has 0 fully saturated rings. The lowest BCUT2D eigenvalue weighted by Crippen LogP contribution is -1.90. The average Bonchev–Trinajstić information content (AvgIpc) is 2.98. The molecule has 2 rings (SSSR count). The molecule has 2 aromatic rings. The molecule has 2 heterocycles. The Morgan fingerprint density at radius 1 is 1.33 bits per heavy atom. The van der Waals surface area contributed by atoms with E-state index in [0.29, 0.717) is 22.8 Å². The van der Waals surface area contributed by atoms with E-state index >= 15 is 0 Å². The molecular weight excluding hydrogens is 272 g/mol. The van der Waals surface area contributed by atoms with Gasteiger partial charge >= 0.3 is 0 Å². The highest BCUT2D eigenvalue weighted by Gasteiger charge is 2.18. The van der Waals surface area contributed by atoms with Crippen LogP contribution in [0.15, 0.2) is 14.2 Å². The summed E-state index contributed by atoms with van der Waals surface area (Å²) in [5.74, 6) is 2.66.